The Labute approximate surface area is 137 Å². The number of aryl methyl sites for hydroxylation is 1. The van der Waals surface area contributed by atoms with Gasteiger partial charge in [-0.15, -0.1) is 0 Å². The normalized spacial score (nSPS) is 25.5. The van der Waals surface area contributed by atoms with Crippen molar-refractivity contribution in [2.24, 2.45) is 17.8 Å². The number of fused-ring (bicyclic) bond motifs is 2. The molecule has 2 bridgehead atoms. The highest BCUT2D eigenvalue weighted by Crippen LogP contribution is 2.48. The molecule has 2 aliphatic carbocycles. The van der Waals surface area contributed by atoms with Crippen molar-refractivity contribution in [2.45, 2.75) is 32.6 Å². The smallest absolute Gasteiger partial charge is 0.135 e. The van der Waals surface area contributed by atoms with Gasteiger partial charge in [0, 0.05) is 18.3 Å². The van der Waals surface area contributed by atoms with E-state index in [-0.39, 0.29) is 0 Å². The summed E-state index contributed by atoms with van der Waals surface area (Å²) in [5.41, 5.74) is 2.29. The lowest BCUT2D eigenvalue weighted by Gasteiger charge is -2.22. The summed E-state index contributed by atoms with van der Waals surface area (Å²) in [6, 6.07) is 10.3. The zero-order chi connectivity index (χ0) is 15.6. The lowest BCUT2D eigenvalue weighted by molar-refractivity contribution is 0.348. The van der Waals surface area contributed by atoms with Crippen molar-refractivity contribution in [3.63, 3.8) is 0 Å². The first kappa shape index (κ1) is 14.5. The van der Waals surface area contributed by atoms with Crippen molar-refractivity contribution in [3.8, 4) is 0 Å². The highest BCUT2D eigenvalue weighted by molar-refractivity contribution is 5.59. The van der Waals surface area contributed by atoms with Gasteiger partial charge in [-0.1, -0.05) is 18.6 Å². The fraction of sp³-hybridized carbons (Fsp3) is 0.474. The fourth-order valence-electron chi connectivity index (χ4n) is 4.26. The second kappa shape index (κ2) is 6.19. The first-order valence-electron chi connectivity index (χ1n) is 8.66. The third-order valence-electron chi connectivity index (χ3n) is 5.39. The number of benzene rings is 1. The molecule has 0 radical (unpaired) electrons. The van der Waals surface area contributed by atoms with Gasteiger partial charge in [0.25, 0.3) is 0 Å². The van der Waals surface area contributed by atoms with Crippen LogP contribution >= 0.6 is 0 Å². The number of nitrogens with one attached hydrogen (secondary N) is 2. The van der Waals surface area contributed by atoms with Gasteiger partial charge in [-0.25, -0.2) is 9.97 Å². The third-order valence-corrected chi connectivity index (χ3v) is 5.39. The average molecular weight is 308 g/mol. The summed E-state index contributed by atoms with van der Waals surface area (Å²) >= 11 is 0. The molecule has 2 fully saturated rings. The summed E-state index contributed by atoms with van der Waals surface area (Å²) in [4.78, 5) is 8.68. The van der Waals surface area contributed by atoms with Crippen LogP contribution in [0, 0.1) is 24.7 Å². The molecule has 120 valence electrons. The zero-order valence-electron chi connectivity index (χ0n) is 13.6. The lowest BCUT2D eigenvalue weighted by Crippen LogP contribution is -2.20. The van der Waals surface area contributed by atoms with Gasteiger partial charge in [-0.3, -0.25) is 0 Å². The SMILES string of the molecule is Cc1cccc(Nc2cc(NCC3CC4CCC3C4)ncn2)c1. The molecule has 2 N–H and O–H groups in total. The Kier molecular flexibility index (Phi) is 3.90. The van der Waals surface area contributed by atoms with E-state index in [4.69, 9.17) is 0 Å². The summed E-state index contributed by atoms with van der Waals surface area (Å²) < 4.78 is 0. The number of hydrogen-bond donors (Lipinski definition) is 2. The first-order valence-corrected chi connectivity index (χ1v) is 8.66. The predicted octanol–water partition coefficient (Wildman–Crippen LogP) is 4.38. The van der Waals surface area contributed by atoms with Crippen LogP contribution in [0.4, 0.5) is 17.3 Å². The zero-order valence-corrected chi connectivity index (χ0v) is 13.6. The van der Waals surface area contributed by atoms with Crippen LogP contribution in [0.3, 0.4) is 0 Å². The molecule has 4 heteroatoms. The molecular formula is C19H24N4. The van der Waals surface area contributed by atoms with E-state index < -0.39 is 0 Å². The second-order valence-corrected chi connectivity index (χ2v) is 7.10. The van der Waals surface area contributed by atoms with Crippen LogP contribution < -0.4 is 10.6 Å². The van der Waals surface area contributed by atoms with Gasteiger partial charge in [0.1, 0.15) is 18.0 Å². The topological polar surface area (TPSA) is 49.8 Å². The standard InChI is InChI=1S/C19H24N4/c1-13-3-2-4-17(7-13)23-19-10-18(21-12-22-19)20-11-16-9-14-5-6-15(16)8-14/h2-4,7,10,12,14-16H,5-6,8-9,11H2,1H3,(H2,20,21,22,23). The van der Waals surface area contributed by atoms with Gasteiger partial charge in [-0.05, 0) is 61.6 Å². The van der Waals surface area contributed by atoms with Gasteiger partial charge in [-0.2, -0.15) is 0 Å². The van der Waals surface area contributed by atoms with Crippen molar-refractivity contribution in [1.29, 1.82) is 0 Å². The van der Waals surface area contributed by atoms with E-state index in [9.17, 15) is 0 Å². The lowest BCUT2D eigenvalue weighted by atomic mass is 9.89. The minimum Gasteiger partial charge on any atom is -0.370 e. The summed E-state index contributed by atoms with van der Waals surface area (Å²) in [5, 5.41) is 6.87. The highest BCUT2D eigenvalue weighted by Gasteiger charge is 2.39. The molecule has 2 aromatic rings. The van der Waals surface area contributed by atoms with E-state index in [1.807, 2.05) is 12.1 Å². The summed E-state index contributed by atoms with van der Waals surface area (Å²) in [6.07, 6.45) is 7.37. The molecule has 1 aromatic heterocycles. The van der Waals surface area contributed by atoms with Crippen LogP contribution in [0.1, 0.15) is 31.2 Å². The van der Waals surface area contributed by atoms with Gasteiger partial charge >= 0.3 is 0 Å². The Bertz CT molecular complexity index is 685. The maximum Gasteiger partial charge on any atom is 0.135 e. The van der Waals surface area contributed by atoms with Crippen LogP contribution in [0.15, 0.2) is 36.7 Å². The van der Waals surface area contributed by atoms with Crippen LogP contribution in [0.5, 0.6) is 0 Å². The van der Waals surface area contributed by atoms with E-state index in [2.05, 4.69) is 45.7 Å². The molecule has 3 atom stereocenters. The number of nitrogens with zero attached hydrogens (tertiary/aromatic N) is 2. The Morgan fingerprint density at radius 2 is 2.00 bits per heavy atom. The van der Waals surface area contributed by atoms with Gasteiger partial charge in [0.2, 0.25) is 0 Å². The summed E-state index contributed by atoms with van der Waals surface area (Å²) in [7, 11) is 0. The second-order valence-electron chi connectivity index (χ2n) is 7.10. The summed E-state index contributed by atoms with van der Waals surface area (Å²) in [5.74, 6) is 4.52. The van der Waals surface area contributed by atoms with E-state index in [1.54, 1.807) is 6.33 Å². The summed E-state index contributed by atoms with van der Waals surface area (Å²) in [6.45, 7) is 3.13. The first-order chi connectivity index (χ1) is 11.3. The number of anilines is 3. The van der Waals surface area contributed by atoms with Gasteiger partial charge in [0.15, 0.2) is 0 Å². The van der Waals surface area contributed by atoms with Crippen molar-refractivity contribution < 1.29 is 0 Å². The largest absolute Gasteiger partial charge is 0.370 e. The highest BCUT2D eigenvalue weighted by atomic mass is 15.1. The molecule has 0 aliphatic heterocycles. The molecule has 3 unspecified atom stereocenters. The van der Waals surface area contributed by atoms with Crippen molar-refractivity contribution in [2.75, 3.05) is 17.2 Å². The third kappa shape index (κ3) is 3.31. The van der Waals surface area contributed by atoms with Crippen molar-refractivity contribution >= 4 is 17.3 Å². The molecule has 4 rings (SSSR count). The molecule has 1 aromatic carbocycles. The molecule has 0 saturated heterocycles. The molecule has 0 spiro atoms. The molecule has 2 aliphatic rings. The predicted molar refractivity (Wildman–Crippen MR) is 93.9 cm³/mol. The Morgan fingerprint density at radius 1 is 1.09 bits per heavy atom. The fourth-order valence-corrected chi connectivity index (χ4v) is 4.26. The monoisotopic (exact) mass is 308 g/mol. The molecular weight excluding hydrogens is 284 g/mol. The van der Waals surface area contributed by atoms with Crippen molar-refractivity contribution in [3.05, 3.63) is 42.2 Å². The molecule has 23 heavy (non-hydrogen) atoms. The number of rotatable bonds is 5. The minimum atomic E-state index is 0.830. The van der Waals surface area contributed by atoms with Crippen LogP contribution in [-0.2, 0) is 0 Å². The van der Waals surface area contributed by atoms with E-state index in [1.165, 1.54) is 31.2 Å². The van der Waals surface area contributed by atoms with Crippen LogP contribution in [-0.4, -0.2) is 16.5 Å². The van der Waals surface area contributed by atoms with E-state index >= 15 is 0 Å². The quantitative estimate of drug-likeness (QED) is 0.861. The van der Waals surface area contributed by atoms with Gasteiger partial charge in [0.05, 0.1) is 0 Å². The van der Waals surface area contributed by atoms with Gasteiger partial charge < -0.3 is 10.6 Å². The average Bonchev–Trinajstić information content (AvgIpc) is 3.16. The van der Waals surface area contributed by atoms with E-state index in [0.29, 0.717) is 0 Å². The number of hydrogen-bond acceptors (Lipinski definition) is 4. The maximum absolute atomic E-state index is 4.36. The van der Waals surface area contributed by atoms with Crippen LogP contribution in [0.25, 0.3) is 0 Å². The van der Waals surface area contributed by atoms with E-state index in [0.717, 1.165) is 41.6 Å². The molecule has 0 amide bonds. The maximum atomic E-state index is 4.36. The minimum absolute atomic E-state index is 0.830. The molecule has 4 nitrogen and oxygen atoms in total. The number of aromatic nitrogens is 2. The molecule has 2 saturated carbocycles. The van der Waals surface area contributed by atoms with Crippen LogP contribution in [0.2, 0.25) is 0 Å². The Morgan fingerprint density at radius 3 is 2.78 bits per heavy atom. The van der Waals surface area contributed by atoms with Crippen molar-refractivity contribution in [1.82, 2.24) is 9.97 Å². The molecule has 1 heterocycles. The Balaban J connectivity index is 1.38. The Hall–Kier alpha value is -2.10.